The molecule has 2 N–H and O–H groups in total. The summed E-state index contributed by atoms with van der Waals surface area (Å²) in [6.45, 7) is 3.54. The lowest BCUT2D eigenvalue weighted by Gasteiger charge is -2.13. The number of rotatable bonds is 6. The van der Waals surface area contributed by atoms with Crippen molar-refractivity contribution in [3.05, 3.63) is 58.1 Å². The molecule has 0 saturated carbocycles. The van der Waals surface area contributed by atoms with E-state index in [1.54, 1.807) is 0 Å². The number of benzene rings is 2. The first kappa shape index (κ1) is 14.9. The number of ether oxygens (including phenoxy) is 2. The Morgan fingerprint density at radius 2 is 1.85 bits per heavy atom. The summed E-state index contributed by atoms with van der Waals surface area (Å²) < 4.78 is 12.5. The Morgan fingerprint density at radius 3 is 2.55 bits per heavy atom. The zero-order chi connectivity index (χ0) is 14.4. The molecule has 0 atom stereocenters. The van der Waals surface area contributed by atoms with Crippen molar-refractivity contribution in [1.29, 1.82) is 0 Å². The van der Waals surface area contributed by atoms with Crippen LogP contribution >= 0.6 is 15.9 Å². The molecule has 0 saturated heterocycles. The molecule has 0 radical (unpaired) electrons. The predicted octanol–water partition coefficient (Wildman–Crippen LogP) is 3.89. The lowest BCUT2D eigenvalue weighted by atomic mass is 10.2. The molecule has 0 aliphatic heterocycles. The third-order valence-electron chi connectivity index (χ3n) is 2.83. The second-order valence-electron chi connectivity index (χ2n) is 4.34. The predicted molar refractivity (Wildman–Crippen MR) is 84.0 cm³/mol. The average Bonchev–Trinajstić information content (AvgIpc) is 2.46. The van der Waals surface area contributed by atoms with Gasteiger partial charge >= 0.3 is 0 Å². The zero-order valence-corrected chi connectivity index (χ0v) is 13.0. The number of hydrogen-bond donors (Lipinski definition) is 1. The van der Waals surface area contributed by atoms with Crippen LogP contribution in [0.2, 0.25) is 0 Å². The SMILES string of the molecule is CCOc1cc(CN)ccc1OCc1cccc(Br)c1. The maximum atomic E-state index is 5.84. The van der Waals surface area contributed by atoms with Gasteiger partial charge in [-0.15, -0.1) is 0 Å². The normalized spacial score (nSPS) is 10.3. The van der Waals surface area contributed by atoms with Gasteiger partial charge in [-0.2, -0.15) is 0 Å². The van der Waals surface area contributed by atoms with E-state index in [9.17, 15) is 0 Å². The van der Waals surface area contributed by atoms with Crippen LogP contribution in [-0.4, -0.2) is 6.61 Å². The number of hydrogen-bond acceptors (Lipinski definition) is 3. The van der Waals surface area contributed by atoms with Gasteiger partial charge in [-0.3, -0.25) is 0 Å². The Labute approximate surface area is 127 Å². The maximum Gasteiger partial charge on any atom is 0.161 e. The molecule has 20 heavy (non-hydrogen) atoms. The van der Waals surface area contributed by atoms with Crippen LogP contribution in [0.4, 0.5) is 0 Å². The van der Waals surface area contributed by atoms with Crippen LogP contribution in [0.15, 0.2) is 46.9 Å². The minimum atomic E-state index is 0.492. The van der Waals surface area contributed by atoms with E-state index in [2.05, 4.69) is 15.9 Å². The van der Waals surface area contributed by atoms with Gasteiger partial charge in [0.05, 0.1) is 6.61 Å². The lowest BCUT2D eigenvalue weighted by molar-refractivity contribution is 0.269. The molecular weight excluding hydrogens is 318 g/mol. The first-order valence-electron chi connectivity index (χ1n) is 6.56. The van der Waals surface area contributed by atoms with Gasteiger partial charge in [0.2, 0.25) is 0 Å². The van der Waals surface area contributed by atoms with Crippen molar-refractivity contribution in [2.45, 2.75) is 20.1 Å². The molecule has 4 heteroatoms. The third-order valence-corrected chi connectivity index (χ3v) is 3.32. The van der Waals surface area contributed by atoms with Gasteiger partial charge in [-0.25, -0.2) is 0 Å². The summed E-state index contributed by atoms with van der Waals surface area (Å²) in [6.07, 6.45) is 0. The molecule has 2 aromatic carbocycles. The Kier molecular flexibility index (Phi) is 5.44. The quantitative estimate of drug-likeness (QED) is 0.870. The van der Waals surface area contributed by atoms with E-state index >= 15 is 0 Å². The average molecular weight is 336 g/mol. The largest absolute Gasteiger partial charge is 0.490 e. The Morgan fingerprint density at radius 1 is 1.00 bits per heavy atom. The fraction of sp³-hybridized carbons (Fsp3) is 0.250. The van der Waals surface area contributed by atoms with Crippen LogP contribution < -0.4 is 15.2 Å². The first-order valence-corrected chi connectivity index (χ1v) is 7.35. The van der Waals surface area contributed by atoms with Gasteiger partial charge < -0.3 is 15.2 Å². The minimum Gasteiger partial charge on any atom is -0.490 e. The maximum absolute atomic E-state index is 5.84. The molecule has 0 bridgehead atoms. The molecule has 0 aromatic heterocycles. The van der Waals surface area contributed by atoms with Gasteiger partial charge in [-0.1, -0.05) is 34.1 Å². The van der Waals surface area contributed by atoms with Gasteiger partial charge in [-0.05, 0) is 42.3 Å². The standard InChI is InChI=1S/C16H18BrNO2/c1-2-19-16-9-12(10-18)6-7-15(16)20-11-13-4-3-5-14(17)8-13/h3-9H,2,10-11,18H2,1H3. The highest BCUT2D eigenvalue weighted by atomic mass is 79.9. The Balaban J connectivity index is 2.12. The highest BCUT2D eigenvalue weighted by molar-refractivity contribution is 9.10. The van der Waals surface area contributed by atoms with Crippen LogP contribution in [0.25, 0.3) is 0 Å². The van der Waals surface area contributed by atoms with Gasteiger partial charge in [0, 0.05) is 11.0 Å². The van der Waals surface area contributed by atoms with Crippen molar-refractivity contribution in [1.82, 2.24) is 0 Å². The van der Waals surface area contributed by atoms with E-state index in [1.807, 2.05) is 49.4 Å². The fourth-order valence-corrected chi connectivity index (χ4v) is 2.30. The zero-order valence-electron chi connectivity index (χ0n) is 11.4. The molecule has 0 aliphatic carbocycles. The van der Waals surface area contributed by atoms with E-state index in [1.165, 1.54) is 0 Å². The molecule has 0 aliphatic rings. The van der Waals surface area contributed by atoms with Crippen molar-refractivity contribution >= 4 is 15.9 Å². The highest BCUT2D eigenvalue weighted by Gasteiger charge is 2.06. The smallest absolute Gasteiger partial charge is 0.161 e. The van der Waals surface area contributed by atoms with Crippen molar-refractivity contribution in [3.8, 4) is 11.5 Å². The van der Waals surface area contributed by atoms with Crippen molar-refractivity contribution < 1.29 is 9.47 Å². The molecular formula is C16H18BrNO2. The second kappa shape index (κ2) is 7.31. The van der Waals surface area contributed by atoms with Crippen LogP contribution in [0.3, 0.4) is 0 Å². The van der Waals surface area contributed by atoms with Gasteiger partial charge in [0.25, 0.3) is 0 Å². The van der Waals surface area contributed by atoms with E-state index in [-0.39, 0.29) is 0 Å². The molecule has 2 aromatic rings. The summed E-state index contributed by atoms with van der Waals surface area (Å²) in [7, 11) is 0. The number of nitrogens with two attached hydrogens (primary N) is 1. The summed E-state index contributed by atoms with van der Waals surface area (Å²) in [5.41, 5.74) is 7.78. The Hall–Kier alpha value is -1.52. The second-order valence-corrected chi connectivity index (χ2v) is 5.25. The molecule has 0 amide bonds. The number of halogens is 1. The lowest BCUT2D eigenvalue weighted by Crippen LogP contribution is -2.02. The fourth-order valence-electron chi connectivity index (χ4n) is 1.85. The summed E-state index contributed by atoms with van der Waals surface area (Å²) in [6, 6.07) is 13.8. The molecule has 3 nitrogen and oxygen atoms in total. The highest BCUT2D eigenvalue weighted by Crippen LogP contribution is 2.29. The van der Waals surface area contributed by atoms with Crippen molar-refractivity contribution in [2.75, 3.05) is 6.61 Å². The van der Waals surface area contributed by atoms with Crippen molar-refractivity contribution in [3.63, 3.8) is 0 Å². The topological polar surface area (TPSA) is 44.5 Å². The van der Waals surface area contributed by atoms with Crippen molar-refractivity contribution in [2.24, 2.45) is 5.73 Å². The van der Waals surface area contributed by atoms with Crippen LogP contribution in [0.5, 0.6) is 11.5 Å². The van der Waals surface area contributed by atoms with Crippen LogP contribution in [-0.2, 0) is 13.2 Å². The van der Waals surface area contributed by atoms with E-state index in [4.69, 9.17) is 15.2 Å². The summed E-state index contributed by atoms with van der Waals surface area (Å²) in [5, 5.41) is 0. The third kappa shape index (κ3) is 3.99. The molecule has 2 rings (SSSR count). The summed E-state index contributed by atoms with van der Waals surface area (Å²) in [5.74, 6) is 1.48. The minimum absolute atomic E-state index is 0.492. The van der Waals surface area contributed by atoms with E-state index in [0.29, 0.717) is 19.8 Å². The van der Waals surface area contributed by atoms with Crippen LogP contribution in [0, 0.1) is 0 Å². The molecule has 0 heterocycles. The molecule has 0 fully saturated rings. The summed E-state index contributed by atoms with van der Waals surface area (Å²) >= 11 is 3.45. The van der Waals surface area contributed by atoms with Gasteiger partial charge in [0.15, 0.2) is 11.5 Å². The van der Waals surface area contributed by atoms with E-state index < -0.39 is 0 Å². The Bertz CT molecular complexity index is 572. The van der Waals surface area contributed by atoms with Gasteiger partial charge in [0.1, 0.15) is 6.61 Å². The molecule has 0 unspecified atom stereocenters. The molecule has 0 spiro atoms. The first-order chi connectivity index (χ1) is 9.72. The molecule has 106 valence electrons. The van der Waals surface area contributed by atoms with Crippen LogP contribution in [0.1, 0.15) is 18.1 Å². The van der Waals surface area contributed by atoms with E-state index in [0.717, 1.165) is 27.1 Å². The monoisotopic (exact) mass is 335 g/mol. The summed E-state index contributed by atoms with van der Waals surface area (Å²) in [4.78, 5) is 0.